The van der Waals surface area contributed by atoms with Crippen LogP contribution in [0.5, 0.6) is 5.75 Å². The van der Waals surface area contributed by atoms with E-state index in [2.05, 4.69) is 0 Å². The Kier molecular flexibility index (Phi) is 3.60. The van der Waals surface area contributed by atoms with E-state index in [1.165, 1.54) is 12.1 Å². The van der Waals surface area contributed by atoms with Crippen molar-refractivity contribution in [3.63, 3.8) is 0 Å². The quantitative estimate of drug-likeness (QED) is 0.821. The molecule has 0 unspecified atom stereocenters. The minimum atomic E-state index is -0.290. The summed E-state index contributed by atoms with van der Waals surface area (Å²) >= 11 is 0. The van der Waals surface area contributed by atoms with Gasteiger partial charge in [-0.15, -0.1) is 0 Å². The highest BCUT2D eigenvalue weighted by Crippen LogP contribution is 2.14. The summed E-state index contributed by atoms with van der Waals surface area (Å²) < 4.78 is 18.3. The van der Waals surface area contributed by atoms with E-state index in [9.17, 15) is 4.39 Å². The largest absolute Gasteiger partial charge is 0.493 e. The zero-order chi connectivity index (χ0) is 12.1. The normalized spacial score (nSPS) is 10.2. The summed E-state index contributed by atoms with van der Waals surface area (Å²) in [5.74, 6) is 0.251. The van der Waals surface area contributed by atoms with Crippen LogP contribution in [0.15, 0.2) is 48.5 Å². The van der Waals surface area contributed by atoms with E-state index in [4.69, 9.17) is 10.5 Å². The molecule has 0 aliphatic rings. The van der Waals surface area contributed by atoms with Crippen molar-refractivity contribution in [3.05, 3.63) is 59.9 Å². The van der Waals surface area contributed by atoms with E-state index in [-0.39, 0.29) is 5.82 Å². The summed E-state index contributed by atoms with van der Waals surface area (Å²) in [4.78, 5) is 0. The lowest BCUT2D eigenvalue weighted by atomic mass is 10.1. The third-order valence-corrected chi connectivity index (χ3v) is 2.49. The summed E-state index contributed by atoms with van der Waals surface area (Å²) in [6, 6.07) is 13.8. The molecule has 0 atom stereocenters. The number of nitrogens with two attached hydrogens (primary N) is 1. The second-order valence-corrected chi connectivity index (χ2v) is 3.75. The van der Waals surface area contributed by atoms with Gasteiger partial charge in [-0.1, -0.05) is 24.3 Å². The SMILES string of the molecule is Nc1ccccc1CCOc1cccc(F)c1. The van der Waals surface area contributed by atoms with Gasteiger partial charge >= 0.3 is 0 Å². The van der Waals surface area contributed by atoms with Crippen molar-refractivity contribution in [2.24, 2.45) is 0 Å². The monoisotopic (exact) mass is 231 g/mol. The molecule has 0 radical (unpaired) electrons. The molecule has 2 nitrogen and oxygen atoms in total. The molecule has 3 heteroatoms. The Hall–Kier alpha value is -2.03. The van der Waals surface area contributed by atoms with Crippen molar-refractivity contribution in [2.75, 3.05) is 12.3 Å². The van der Waals surface area contributed by atoms with Crippen molar-refractivity contribution in [1.82, 2.24) is 0 Å². The summed E-state index contributed by atoms with van der Waals surface area (Å²) in [6.07, 6.45) is 0.711. The molecule has 0 aromatic heterocycles. The van der Waals surface area contributed by atoms with Crippen molar-refractivity contribution >= 4 is 5.69 Å². The predicted molar refractivity (Wildman–Crippen MR) is 66.5 cm³/mol. The number of halogens is 1. The van der Waals surface area contributed by atoms with Crippen molar-refractivity contribution in [2.45, 2.75) is 6.42 Å². The standard InChI is InChI=1S/C14H14FNO/c15-12-5-3-6-13(10-12)17-9-8-11-4-1-2-7-14(11)16/h1-7,10H,8-9,16H2. The molecule has 2 N–H and O–H groups in total. The Labute approximate surface area is 99.8 Å². The molecule has 2 aromatic rings. The average Bonchev–Trinajstić information content (AvgIpc) is 2.32. The Morgan fingerprint density at radius 2 is 1.88 bits per heavy atom. The van der Waals surface area contributed by atoms with Crippen LogP contribution in [0, 0.1) is 5.82 Å². The maximum Gasteiger partial charge on any atom is 0.126 e. The molecule has 88 valence electrons. The molecule has 2 aromatic carbocycles. The Bertz CT molecular complexity index is 499. The number of para-hydroxylation sites is 1. The second-order valence-electron chi connectivity index (χ2n) is 3.75. The molecule has 0 saturated carbocycles. The van der Waals surface area contributed by atoms with Gasteiger partial charge in [0.1, 0.15) is 11.6 Å². The fourth-order valence-electron chi connectivity index (χ4n) is 1.60. The molecule has 0 amide bonds. The molecule has 2 rings (SSSR count). The van der Waals surface area contributed by atoms with Gasteiger partial charge in [-0.2, -0.15) is 0 Å². The summed E-state index contributed by atoms with van der Waals surface area (Å²) in [5, 5.41) is 0. The first-order valence-corrected chi connectivity index (χ1v) is 5.47. The van der Waals surface area contributed by atoms with Gasteiger partial charge in [0.25, 0.3) is 0 Å². The number of hydrogen-bond donors (Lipinski definition) is 1. The van der Waals surface area contributed by atoms with Gasteiger partial charge in [0.05, 0.1) is 6.61 Å². The van der Waals surface area contributed by atoms with Gasteiger partial charge < -0.3 is 10.5 Å². The first kappa shape index (κ1) is 11.5. The maximum atomic E-state index is 12.9. The van der Waals surface area contributed by atoms with Gasteiger partial charge in [-0.25, -0.2) is 4.39 Å². The van der Waals surface area contributed by atoms with Crippen LogP contribution in [-0.4, -0.2) is 6.61 Å². The van der Waals surface area contributed by atoms with Crippen LogP contribution in [0.3, 0.4) is 0 Å². The van der Waals surface area contributed by atoms with Crippen LogP contribution in [0.1, 0.15) is 5.56 Å². The number of rotatable bonds is 4. The lowest BCUT2D eigenvalue weighted by molar-refractivity contribution is 0.320. The van der Waals surface area contributed by atoms with Gasteiger partial charge in [-0.05, 0) is 23.8 Å². The van der Waals surface area contributed by atoms with E-state index in [0.717, 1.165) is 11.3 Å². The molecule has 0 aliphatic heterocycles. The maximum absolute atomic E-state index is 12.9. The van der Waals surface area contributed by atoms with Gasteiger partial charge in [0.15, 0.2) is 0 Å². The Morgan fingerprint density at radius 1 is 1.06 bits per heavy atom. The Balaban J connectivity index is 1.90. The second kappa shape index (κ2) is 5.34. The number of nitrogen functional groups attached to an aromatic ring is 1. The van der Waals surface area contributed by atoms with E-state index >= 15 is 0 Å². The topological polar surface area (TPSA) is 35.2 Å². The highest BCUT2D eigenvalue weighted by atomic mass is 19.1. The minimum absolute atomic E-state index is 0.290. The molecule has 0 fully saturated rings. The first-order chi connectivity index (χ1) is 8.25. The summed E-state index contributed by atoms with van der Waals surface area (Å²) in [6.45, 7) is 0.484. The van der Waals surface area contributed by atoms with Crippen molar-refractivity contribution < 1.29 is 9.13 Å². The summed E-state index contributed by atoms with van der Waals surface area (Å²) in [7, 11) is 0. The van der Waals surface area contributed by atoms with E-state index < -0.39 is 0 Å². The van der Waals surface area contributed by atoms with Gasteiger partial charge in [-0.3, -0.25) is 0 Å². The smallest absolute Gasteiger partial charge is 0.126 e. The third-order valence-electron chi connectivity index (χ3n) is 2.49. The molecule has 0 heterocycles. The number of ether oxygens (including phenoxy) is 1. The molecule has 0 bridgehead atoms. The van der Waals surface area contributed by atoms with Crippen molar-refractivity contribution in [3.8, 4) is 5.75 Å². The fourth-order valence-corrected chi connectivity index (χ4v) is 1.60. The minimum Gasteiger partial charge on any atom is -0.493 e. The lowest BCUT2D eigenvalue weighted by Gasteiger charge is -2.07. The summed E-state index contributed by atoms with van der Waals surface area (Å²) in [5.41, 5.74) is 7.61. The average molecular weight is 231 g/mol. The van der Waals surface area contributed by atoms with Gasteiger partial charge in [0.2, 0.25) is 0 Å². The molecular formula is C14H14FNO. The van der Waals surface area contributed by atoms with Crippen LogP contribution in [0.4, 0.5) is 10.1 Å². The molecule has 17 heavy (non-hydrogen) atoms. The van der Waals surface area contributed by atoms with E-state index in [1.807, 2.05) is 24.3 Å². The van der Waals surface area contributed by atoms with E-state index in [0.29, 0.717) is 18.8 Å². The molecule has 0 aliphatic carbocycles. The van der Waals surface area contributed by atoms with E-state index in [1.54, 1.807) is 12.1 Å². The number of hydrogen-bond acceptors (Lipinski definition) is 2. The number of anilines is 1. The highest BCUT2D eigenvalue weighted by Gasteiger charge is 1.99. The molecular weight excluding hydrogens is 217 g/mol. The fraction of sp³-hybridized carbons (Fsp3) is 0.143. The third kappa shape index (κ3) is 3.21. The highest BCUT2D eigenvalue weighted by molar-refractivity contribution is 5.46. The Morgan fingerprint density at radius 3 is 2.65 bits per heavy atom. The van der Waals surface area contributed by atoms with Crippen LogP contribution >= 0.6 is 0 Å². The molecule has 0 saturated heterocycles. The van der Waals surface area contributed by atoms with Crippen molar-refractivity contribution in [1.29, 1.82) is 0 Å². The molecule has 0 spiro atoms. The lowest BCUT2D eigenvalue weighted by Crippen LogP contribution is -2.03. The predicted octanol–water partition coefficient (Wildman–Crippen LogP) is 3.03. The zero-order valence-corrected chi connectivity index (χ0v) is 9.40. The van der Waals surface area contributed by atoms with Crippen LogP contribution < -0.4 is 10.5 Å². The first-order valence-electron chi connectivity index (χ1n) is 5.47. The van der Waals surface area contributed by atoms with Crippen LogP contribution in [-0.2, 0) is 6.42 Å². The number of benzene rings is 2. The van der Waals surface area contributed by atoms with Crippen LogP contribution in [0.2, 0.25) is 0 Å². The van der Waals surface area contributed by atoms with Gasteiger partial charge in [0, 0.05) is 18.2 Å². The zero-order valence-electron chi connectivity index (χ0n) is 9.40. The van der Waals surface area contributed by atoms with Crippen LogP contribution in [0.25, 0.3) is 0 Å².